The normalized spacial score (nSPS) is 14.9. The average molecular weight is 535 g/mol. The molecule has 2 amide bonds. The van der Waals surface area contributed by atoms with Crippen molar-refractivity contribution in [3.63, 3.8) is 0 Å². The Balaban J connectivity index is 1.35. The van der Waals surface area contributed by atoms with Crippen molar-refractivity contribution in [1.82, 2.24) is 10.4 Å². The molecule has 0 radical (unpaired) electrons. The van der Waals surface area contributed by atoms with E-state index in [1.54, 1.807) is 54.6 Å². The number of carboxylic acids is 1. The molecule has 188 valence electrons. The minimum Gasteiger partial charge on any atom is -0.489 e. The molecule has 0 aromatic heterocycles. The number of thiocarbonyl (C=S) groups is 1. The van der Waals surface area contributed by atoms with Gasteiger partial charge < -0.3 is 14.6 Å². The summed E-state index contributed by atoms with van der Waals surface area (Å²) in [5.74, 6) is -1.000. The van der Waals surface area contributed by atoms with Gasteiger partial charge in [0.05, 0.1) is 4.91 Å². The van der Waals surface area contributed by atoms with Gasteiger partial charge in [-0.1, -0.05) is 54.2 Å². The van der Waals surface area contributed by atoms with Crippen LogP contribution in [-0.4, -0.2) is 38.3 Å². The monoisotopic (exact) mass is 534 g/mol. The summed E-state index contributed by atoms with van der Waals surface area (Å²) in [4.78, 5) is 36.9. The molecular formula is C27H22N2O6S2. The number of nitrogens with zero attached hydrogens (tertiary/aromatic N) is 1. The fourth-order valence-corrected chi connectivity index (χ4v) is 4.40. The van der Waals surface area contributed by atoms with Gasteiger partial charge in [-0.15, -0.1) is 0 Å². The summed E-state index contributed by atoms with van der Waals surface area (Å²) in [5.41, 5.74) is 4.62. The van der Waals surface area contributed by atoms with Crippen molar-refractivity contribution in [2.75, 3.05) is 0 Å². The molecule has 8 nitrogen and oxygen atoms in total. The number of hydrazine groups is 1. The van der Waals surface area contributed by atoms with Gasteiger partial charge >= 0.3 is 5.97 Å². The number of rotatable bonds is 9. The maximum atomic E-state index is 12.9. The Hall–Kier alpha value is -4.15. The second-order valence-corrected chi connectivity index (χ2v) is 9.60. The lowest BCUT2D eigenvalue weighted by Gasteiger charge is -2.15. The van der Waals surface area contributed by atoms with Crippen molar-refractivity contribution in [2.45, 2.75) is 19.6 Å². The Morgan fingerprint density at radius 2 is 1.68 bits per heavy atom. The largest absolute Gasteiger partial charge is 0.489 e. The highest BCUT2D eigenvalue weighted by Crippen LogP contribution is 2.32. The van der Waals surface area contributed by atoms with Crippen LogP contribution in [0.5, 0.6) is 11.5 Å². The van der Waals surface area contributed by atoms with E-state index in [0.717, 1.165) is 22.3 Å². The number of hydrogen-bond acceptors (Lipinski definition) is 7. The molecule has 0 saturated carbocycles. The van der Waals surface area contributed by atoms with E-state index in [1.165, 1.54) is 6.92 Å². The molecule has 1 atom stereocenters. The fourth-order valence-electron chi connectivity index (χ4n) is 3.22. The van der Waals surface area contributed by atoms with E-state index in [1.807, 2.05) is 30.3 Å². The van der Waals surface area contributed by atoms with E-state index >= 15 is 0 Å². The summed E-state index contributed by atoms with van der Waals surface area (Å²) in [6.45, 7) is 1.84. The third-order valence-corrected chi connectivity index (χ3v) is 6.51. The van der Waals surface area contributed by atoms with E-state index in [9.17, 15) is 14.4 Å². The third-order valence-electron chi connectivity index (χ3n) is 5.21. The maximum absolute atomic E-state index is 12.9. The van der Waals surface area contributed by atoms with Crippen molar-refractivity contribution in [1.29, 1.82) is 0 Å². The van der Waals surface area contributed by atoms with Crippen LogP contribution in [0.25, 0.3) is 6.08 Å². The summed E-state index contributed by atoms with van der Waals surface area (Å²) >= 11 is 6.36. The predicted molar refractivity (Wildman–Crippen MR) is 144 cm³/mol. The number of aliphatic carboxylic acids is 1. The molecule has 37 heavy (non-hydrogen) atoms. The van der Waals surface area contributed by atoms with Crippen LogP contribution in [0, 0.1) is 0 Å². The number of ether oxygens (including phenoxy) is 2. The number of benzene rings is 3. The highest BCUT2D eigenvalue weighted by atomic mass is 32.2. The predicted octanol–water partition coefficient (Wildman–Crippen LogP) is 4.66. The fraction of sp³-hybridized carbons (Fsp3) is 0.111. The first-order valence-electron chi connectivity index (χ1n) is 11.2. The number of carbonyl (C=O) groups is 3. The van der Waals surface area contributed by atoms with Gasteiger partial charge in [0.25, 0.3) is 11.8 Å². The Morgan fingerprint density at radius 1 is 1.03 bits per heavy atom. The molecule has 10 heteroatoms. The minimum atomic E-state index is -1.07. The molecule has 1 aliphatic rings. The number of amides is 2. The van der Waals surface area contributed by atoms with E-state index in [0.29, 0.717) is 34.1 Å². The van der Waals surface area contributed by atoms with Crippen LogP contribution in [0.4, 0.5) is 0 Å². The first-order valence-corrected chi connectivity index (χ1v) is 12.4. The molecule has 1 saturated heterocycles. The van der Waals surface area contributed by atoms with Crippen molar-refractivity contribution in [2.24, 2.45) is 0 Å². The van der Waals surface area contributed by atoms with E-state index in [4.69, 9.17) is 26.8 Å². The molecule has 0 bridgehead atoms. The molecule has 4 rings (SSSR count). The lowest BCUT2D eigenvalue weighted by atomic mass is 10.2. The van der Waals surface area contributed by atoms with E-state index < -0.39 is 23.9 Å². The number of nitrogens with one attached hydrogen (secondary N) is 1. The first-order chi connectivity index (χ1) is 17.8. The molecule has 3 aromatic carbocycles. The molecule has 0 aliphatic carbocycles. The zero-order valence-electron chi connectivity index (χ0n) is 19.6. The van der Waals surface area contributed by atoms with E-state index in [2.05, 4.69) is 5.43 Å². The third kappa shape index (κ3) is 6.75. The zero-order valence-corrected chi connectivity index (χ0v) is 21.3. The molecule has 1 fully saturated rings. The maximum Gasteiger partial charge on any atom is 0.344 e. The second kappa shape index (κ2) is 11.7. The second-order valence-electron chi connectivity index (χ2n) is 7.92. The molecular weight excluding hydrogens is 512 g/mol. The van der Waals surface area contributed by atoms with Gasteiger partial charge in [0.2, 0.25) is 0 Å². The van der Waals surface area contributed by atoms with Crippen molar-refractivity contribution in [3.8, 4) is 11.5 Å². The SMILES string of the molecule is CC(Oc1ccc(/C=C2/SC(=S)N(NC(=O)c3ccc(OCc4ccccc4)cc3)C2=O)cc1)C(=O)O. The zero-order chi connectivity index (χ0) is 26.4. The summed E-state index contributed by atoms with van der Waals surface area (Å²) in [6.07, 6.45) is 0.651. The standard InChI is InChI=1S/C27H22N2O6S2/c1-17(26(32)33)35-22-11-7-18(8-12-22)15-23-25(31)29(27(36)37-23)28-24(30)20-9-13-21(14-10-20)34-16-19-5-3-2-4-6-19/h2-15,17H,16H2,1H3,(H,28,30)(H,32,33)/b23-15+. The van der Waals surface area contributed by atoms with Gasteiger partial charge in [0, 0.05) is 5.56 Å². The Bertz CT molecular complexity index is 1340. The van der Waals surface area contributed by atoms with Gasteiger partial charge in [0.15, 0.2) is 10.4 Å². The van der Waals surface area contributed by atoms with Gasteiger partial charge in [0.1, 0.15) is 18.1 Å². The molecule has 2 N–H and O–H groups in total. The van der Waals surface area contributed by atoms with Crippen molar-refractivity contribution in [3.05, 3.63) is 100 Å². The van der Waals surface area contributed by atoms with Gasteiger partial charge in [-0.2, -0.15) is 5.01 Å². The molecule has 1 aliphatic heterocycles. The van der Waals surface area contributed by atoms with Crippen LogP contribution in [0.3, 0.4) is 0 Å². The molecule has 0 spiro atoms. The Kier molecular flexibility index (Phi) is 8.22. The molecule has 3 aromatic rings. The van der Waals surface area contributed by atoms with Crippen LogP contribution in [0.2, 0.25) is 0 Å². The van der Waals surface area contributed by atoms with Crippen molar-refractivity contribution >= 4 is 52.2 Å². The summed E-state index contributed by atoms with van der Waals surface area (Å²) in [5, 5.41) is 9.99. The van der Waals surface area contributed by atoms with E-state index in [-0.39, 0.29) is 4.32 Å². The van der Waals surface area contributed by atoms with Crippen LogP contribution < -0.4 is 14.9 Å². The molecule has 1 heterocycles. The van der Waals surface area contributed by atoms with Gasteiger partial charge in [-0.25, -0.2) is 4.79 Å². The topological polar surface area (TPSA) is 105 Å². The van der Waals surface area contributed by atoms with Crippen LogP contribution in [-0.2, 0) is 16.2 Å². The first kappa shape index (κ1) is 25.9. The summed E-state index contributed by atoms with van der Waals surface area (Å²) in [6, 6.07) is 22.9. The average Bonchev–Trinajstić information content (AvgIpc) is 3.16. The lowest BCUT2D eigenvalue weighted by Crippen LogP contribution is -2.44. The van der Waals surface area contributed by atoms with Crippen molar-refractivity contribution < 1.29 is 29.0 Å². The van der Waals surface area contributed by atoms with Gasteiger partial charge in [-0.3, -0.25) is 15.0 Å². The quantitative estimate of drug-likeness (QED) is 0.302. The molecule has 1 unspecified atom stereocenters. The van der Waals surface area contributed by atoms with Gasteiger partial charge in [-0.05, 0) is 72.7 Å². The number of carboxylic acid groups (broad SMARTS) is 1. The number of hydrogen-bond donors (Lipinski definition) is 2. The van der Waals surface area contributed by atoms with Crippen LogP contribution >= 0.6 is 24.0 Å². The Labute approximate surface area is 222 Å². The highest BCUT2D eigenvalue weighted by molar-refractivity contribution is 8.26. The highest BCUT2D eigenvalue weighted by Gasteiger charge is 2.33. The summed E-state index contributed by atoms with van der Waals surface area (Å²) < 4.78 is 11.2. The van der Waals surface area contributed by atoms with Crippen LogP contribution in [0.15, 0.2) is 83.8 Å². The minimum absolute atomic E-state index is 0.197. The smallest absolute Gasteiger partial charge is 0.344 e. The number of thioether (sulfide) groups is 1. The Morgan fingerprint density at radius 3 is 2.32 bits per heavy atom. The number of carbonyl (C=O) groups excluding carboxylic acids is 2. The van der Waals surface area contributed by atoms with Crippen LogP contribution in [0.1, 0.15) is 28.4 Å². The lowest BCUT2D eigenvalue weighted by molar-refractivity contribution is -0.144. The summed E-state index contributed by atoms with van der Waals surface area (Å²) in [7, 11) is 0.